The van der Waals surface area contributed by atoms with Gasteiger partial charge in [-0.2, -0.15) is 0 Å². The second-order valence-electron chi connectivity index (χ2n) is 6.74. The van der Waals surface area contributed by atoms with Gasteiger partial charge in [0.05, 0.1) is 7.11 Å². The maximum atomic E-state index is 12.2. The Hall–Kier alpha value is -2.17. The number of nitrogens with one attached hydrogen (secondary N) is 1. The van der Waals surface area contributed by atoms with Crippen molar-refractivity contribution >= 4 is 17.0 Å². The van der Waals surface area contributed by atoms with E-state index in [9.17, 15) is 4.79 Å². The Morgan fingerprint density at radius 2 is 2.09 bits per heavy atom. The van der Waals surface area contributed by atoms with Gasteiger partial charge in [0.15, 0.2) is 0 Å². The fourth-order valence-corrected chi connectivity index (χ4v) is 3.88. The van der Waals surface area contributed by atoms with Crippen LogP contribution in [0, 0.1) is 0 Å². The molecule has 22 heavy (non-hydrogen) atoms. The van der Waals surface area contributed by atoms with Crippen molar-refractivity contribution in [3.63, 3.8) is 0 Å². The molecule has 1 aromatic heterocycles. The fraction of sp³-hybridized carbons (Fsp3) is 0.471. The van der Waals surface area contributed by atoms with E-state index >= 15 is 0 Å². The molecule has 0 radical (unpaired) electrons. The molecular formula is C17H20N2O3. The zero-order valence-corrected chi connectivity index (χ0v) is 13.3. The van der Waals surface area contributed by atoms with Gasteiger partial charge in [-0.1, -0.05) is 0 Å². The van der Waals surface area contributed by atoms with E-state index in [1.54, 1.807) is 7.11 Å². The maximum Gasteiger partial charge on any atom is 0.411 e. The third-order valence-corrected chi connectivity index (χ3v) is 5.46. The number of aromatic nitrogens is 1. The van der Waals surface area contributed by atoms with Crippen LogP contribution in [0.5, 0.6) is 5.75 Å². The average molecular weight is 300 g/mol. The molecule has 0 aliphatic carbocycles. The van der Waals surface area contributed by atoms with Gasteiger partial charge in [0.1, 0.15) is 16.9 Å². The van der Waals surface area contributed by atoms with Crippen molar-refractivity contribution in [1.82, 2.24) is 9.88 Å². The van der Waals surface area contributed by atoms with Crippen molar-refractivity contribution in [3.8, 4) is 5.75 Å². The summed E-state index contributed by atoms with van der Waals surface area (Å²) >= 11 is 0. The van der Waals surface area contributed by atoms with Crippen molar-refractivity contribution in [3.05, 3.63) is 29.5 Å². The smallest absolute Gasteiger partial charge is 0.411 e. The number of hydrogen-bond acceptors (Lipinski definition) is 3. The van der Waals surface area contributed by atoms with Crippen LogP contribution >= 0.6 is 0 Å². The zero-order valence-electron chi connectivity index (χ0n) is 13.3. The topological polar surface area (TPSA) is 54.6 Å². The van der Waals surface area contributed by atoms with Crippen molar-refractivity contribution in [1.29, 1.82) is 0 Å². The molecule has 2 aliphatic rings. The van der Waals surface area contributed by atoms with Crippen molar-refractivity contribution < 1.29 is 14.3 Å². The largest absolute Gasteiger partial charge is 0.497 e. The summed E-state index contributed by atoms with van der Waals surface area (Å²) in [7, 11) is 1.68. The Kier molecular flexibility index (Phi) is 2.43. The summed E-state index contributed by atoms with van der Waals surface area (Å²) in [6.07, 6.45) is 0.595. The number of carbonyl (C=O) groups is 1. The quantitative estimate of drug-likeness (QED) is 0.880. The van der Waals surface area contributed by atoms with E-state index < -0.39 is 11.1 Å². The minimum Gasteiger partial charge on any atom is -0.497 e. The summed E-state index contributed by atoms with van der Waals surface area (Å²) in [4.78, 5) is 17.6. The van der Waals surface area contributed by atoms with Crippen LogP contribution < -0.4 is 4.74 Å². The molecule has 1 aromatic carbocycles. The SMILES string of the molecule is COc1ccc2[nH]c3c(c2c1)CCN1C(=O)OC(C)(C)[C@@]31C. The van der Waals surface area contributed by atoms with Gasteiger partial charge in [-0.05, 0) is 51.0 Å². The number of methoxy groups -OCH3 is 1. The van der Waals surface area contributed by atoms with E-state index in [-0.39, 0.29) is 6.09 Å². The Morgan fingerprint density at radius 3 is 2.82 bits per heavy atom. The number of nitrogens with zero attached hydrogens (tertiary/aromatic N) is 1. The number of ether oxygens (including phenoxy) is 2. The Labute approximate surface area is 129 Å². The Balaban J connectivity index is 2.00. The third-order valence-electron chi connectivity index (χ3n) is 5.46. The van der Waals surface area contributed by atoms with Crippen molar-refractivity contribution in [2.24, 2.45) is 0 Å². The lowest BCUT2D eigenvalue weighted by Crippen LogP contribution is -2.54. The summed E-state index contributed by atoms with van der Waals surface area (Å²) < 4.78 is 11.0. The van der Waals surface area contributed by atoms with Crippen molar-refractivity contribution in [2.75, 3.05) is 13.7 Å². The molecule has 0 bridgehead atoms. The molecule has 1 amide bonds. The fourth-order valence-electron chi connectivity index (χ4n) is 3.88. The highest BCUT2D eigenvalue weighted by atomic mass is 16.6. The van der Waals surface area contributed by atoms with E-state index in [0.29, 0.717) is 6.54 Å². The Bertz CT molecular complexity index is 793. The van der Waals surface area contributed by atoms with Gasteiger partial charge in [0, 0.05) is 23.1 Å². The molecule has 0 saturated carbocycles. The van der Waals surface area contributed by atoms with Crippen LogP contribution in [-0.4, -0.2) is 35.2 Å². The summed E-state index contributed by atoms with van der Waals surface area (Å²) in [6.45, 7) is 6.72. The molecule has 0 unspecified atom stereocenters. The zero-order chi connectivity index (χ0) is 15.7. The second kappa shape index (κ2) is 3.97. The van der Waals surface area contributed by atoms with Crippen LogP contribution in [0.15, 0.2) is 18.2 Å². The predicted octanol–water partition coefficient (Wildman–Crippen LogP) is 3.18. The molecule has 2 aliphatic heterocycles. The summed E-state index contributed by atoms with van der Waals surface area (Å²) in [6, 6.07) is 6.05. The Morgan fingerprint density at radius 1 is 1.32 bits per heavy atom. The van der Waals surface area contributed by atoms with Gasteiger partial charge in [-0.15, -0.1) is 0 Å². The van der Waals surface area contributed by atoms with Crippen molar-refractivity contribution in [2.45, 2.75) is 38.3 Å². The summed E-state index contributed by atoms with van der Waals surface area (Å²) in [5.41, 5.74) is 2.36. The van der Waals surface area contributed by atoms with Crippen LogP contribution in [0.2, 0.25) is 0 Å². The molecule has 1 saturated heterocycles. The normalized spacial score (nSPS) is 25.8. The molecule has 0 spiro atoms. The average Bonchev–Trinajstić information content (AvgIpc) is 2.93. The first-order valence-electron chi connectivity index (χ1n) is 7.58. The molecule has 5 nitrogen and oxygen atoms in total. The van der Waals surface area contributed by atoms with Crippen LogP contribution in [0.4, 0.5) is 4.79 Å². The highest BCUT2D eigenvalue weighted by Gasteiger charge is 2.61. The number of rotatable bonds is 1. The van der Waals surface area contributed by atoms with Gasteiger partial charge in [0.2, 0.25) is 0 Å². The molecule has 1 fully saturated rings. The number of H-pyrrole nitrogens is 1. The minimum atomic E-state index is -0.579. The molecule has 3 heterocycles. The first-order valence-corrected chi connectivity index (χ1v) is 7.58. The summed E-state index contributed by atoms with van der Waals surface area (Å²) in [5, 5.41) is 1.17. The van der Waals surface area contributed by atoms with E-state index in [0.717, 1.165) is 23.4 Å². The number of benzene rings is 1. The number of carbonyl (C=O) groups excluding carboxylic acids is 1. The van der Waals surface area contributed by atoms with Crippen LogP contribution in [0.25, 0.3) is 10.9 Å². The summed E-state index contributed by atoms with van der Waals surface area (Å²) in [5.74, 6) is 0.847. The number of amides is 1. The predicted molar refractivity (Wildman–Crippen MR) is 83.2 cm³/mol. The van der Waals surface area contributed by atoms with Gasteiger partial charge >= 0.3 is 6.09 Å². The second-order valence-corrected chi connectivity index (χ2v) is 6.74. The van der Waals surface area contributed by atoms with Crippen LogP contribution in [-0.2, 0) is 16.7 Å². The van der Waals surface area contributed by atoms with E-state index in [1.165, 1.54) is 10.9 Å². The van der Waals surface area contributed by atoms with Crippen LogP contribution in [0.3, 0.4) is 0 Å². The molecule has 1 N–H and O–H groups in total. The number of aromatic amines is 1. The first-order chi connectivity index (χ1) is 10.4. The van der Waals surface area contributed by atoms with Crippen LogP contribution in [0.1, 0.15) is 32.0 Å². The molecular weight excluding hydrogens is 280 g/mol. The lowest BCUT2D eigenvalue weighted by atomic mass is 9.76. The highest BCUT2D eigenvalue weighted by molar-refractivity contribution is 5.88. The monoisotopic (exact) mass is 300 g/mol. The minimum absolute atomic E-state index is 0.227. The van der Waals surface area contributed by atoms with Gasteiger partial charge < -0.3 is 14.5 Å². The highest BCUT2D eigenvalue weighted by Crippen LogP contribution is 2.50. The lowest BCUT2D eigenvalue weighted by molar-refractivity contribution is 0.0172. The first kappa shape index (κ1) is 13.5. The molecule has 2 aromatic rings. The molecule has 5 heteroatoms. The maximum absolute atomic E-state index is 12.2. The number of fused-ring (bicyclic) bond motifs is 5. The lowest BCUT2D eigenvalue weighted by Gasteiger charge is -2.43. The van der Waals surface area contributed by atoms with Gasteiger partial charge in [-0.25, -0.2) is 4.79 Å². The number of hydrogen-bond donors (Lipinski definition) is 1. The molecule has 4 rings (SSSR count). The number of cyclic esters (lactones) is 1. The van der Waals surface area contributed by atoms with Gasteiger partial charge in [-0.3, -0.25) is 4.90 Å². The van der Waals surface area contributed by atoms with E-state index in [1.807, 2.05) is 30.9 Å². The molecule has 1 atom stereocenters. The van der Waals surface area contributed by atoms with E-state index in [4.69, 9.17) is 9.47 Å². The van der Waals surface area contributed by atoms with Gasteiger partial charge in [0.25, 0.3) is 0 Å². The molecule has 116 valence electrons. The third kappa shape index (κ3) is 1.41. The standard InChI is InChI=1S/C17H20N2O3/c1-16(2)17(3)14-11(7-8-19(17)15(20)22-16)12-9-10(21-4)5-6-13(12)18-14/h5-6,9,18H,7-8H2,1-4H3/t17-/m1/s1. The van der Waals surface area contributed by atoms with E-state index in [2.05, 4.69) is 18.0 Å².